The van der Waals surface area contributed by atoms with Crippen LogP contribution in [-0.2, 0) is 14.4 Å². The Labute approximate surface area is 69.1 Å². The standard InChI is InChI=1S/C6H8ClNO3/c1-10-4-6(3-9)2-5(7)8-11-6/h3H,2,4H2,1H3. The molecule has 0 aromatic heterocycles. The van der Waals surface area contributed by atoms with Crippen molar-refractivity contribution in [2.24, 2.45) is 5.16 Å². The zero-order valence-electron chi connectivity index (χ0n) is 6.04. The van der Waals surface area contributed by atoms with Gasteiger partial charge >= 0.3 is 0 Å². The molecular weight excluding hydrogens is 170 g/mol. The van der Waals surface area contributed by atoms with Gasteiger partial charge in [-0.15, -0.1) is 0 Å². The van der Waals surface area contributed by atoms with E-state index in [2.05, 4.69) is 5.16 Å². The minimum absolute atomic E-state index is 0.177. The molecule has 4 nitrogen and oxygen atoms in total. The van der Waals surface area contributed by atoms with E-state index >= 15 is 0 Å². The predicted molar refractivity (Wildman–Crippen MR) is 39.7 cm³/mol. The Morgan fingerprint density at radius 2 is 2.73 bits per heavy atom. The van der Waals surface area contributed by atoms with Crippen LogP contribution in [0.1, 0.15) is 6.42 Å². The van der Waals surface area contributed by atoms with Gasteiger partial charge in [0, 0.05) is 7.11 Å². The van der Waals surface area contributed by atoms with Crippen molar-refractivity contribution in [3.63, 3.8) is 0 Å². The van der Waals surface area contributed by atoms with Crippen molar-refractivity contribution in [3.05, 3.63) is 0 Å². The highest BCUT2D eigenvalue weighted by Gasteiger charge is 2.38. The predicted octanol–water partition coefficient (Wildman–Crippen LogP) is 0.543. The van der Waals surface area contributed by atoms with E-state index in [9.17, 15) is 4.79 Å². The Balaban J connectivity index is 2.59. The van der Waals surface area contributed by atoms with E-state index < -0.39 is 5.60 Å². The third-order valence-corrected chi connectivity index (χ3v) is 1.58. The number of carbonyl (C=O) groups is 1. The van der Waals surface area contributed by atoms with E-state index in [-0.39, 0.29) is 6.61 Å². The van der Waals surface area contributed by atoms with Gasteiger partial charge in [-0.25, -0.2) is 0 Å². The van der Waals surface area contributed by atoms with Gasteiger partial charge in [0.1, 0.15) is 5.17 Å². The average Bonchev–Trinajstić information content (AvgIpc) is 2.34. The highest BCUT2D eigenvalue weighted by molar-refractivity contribution is 6.65. The molecule has 0 fully saturated rings. The summed E-state index contributed by atoms with van der Waals surface area (Å²) >= 11 is 5.52. The largest absolute Gasteiger partial charge is 0.380 e. The van der Waals surface area contributed by atoms with E-state index in [1.165, 1.54) is 7.11 Å². The lowest BCUT2D eigenvalue weighted by molar-refractivity contribution is -0.134. The van der Waals surface area contributed by atoms with Crippen LogP contribution in [0, 0.1) is 0 Å². The molecule has 11 heavy (non-hydrogen) atoms. The first-order valence-electron chi connectivity index (χ1n) is 3.08. The Morgan fingerprint density at radius 1 is 2.00 bits per heavy atom. The fourth-order valence-electron chi connectivity index (χ4n) is 0.871. The Kier molecular flexibility index (Phi) is 2.46. The van der Waals surface area contributed by atoms with Gasteiger partial charge in [0.05, 0.1) is 13.0 Å². The summed E-state index contributed by atoms with van der Waals surface area (Å²) in [5.41, 5.74) is -0.980. The molecule has 5 heteroatoms. The van der Waals surface area contributed by atoms with Crippen LogP contribution in [0.25, 0.3) is 0 Å². The molecule has 1 atom stereocenters. The van der Waals surface area contributed by atoms with Crippen molar-refractivity contribution in [1.82, 2.24) is 0 Å². The van der Waals surface area contributed by atoms with Crippen LogP contribution in [0.2, 0.25) is 0 Å². The number of halogens is 1. The van der Waals surface area contributed by atoms with Crippen LogP contribution >= 0.6 is 11.6 Å². The van der Waals surface area contributed by atoms with E-state index in [4.69, 9.17) is 21.2 Å². The molecule has 0 aromatic rings. The number of oxime groups is 1. The van der Waals surface area contributed by atoms with Gasteiger partial charge in [0.15, 0.2) is 6.29 Å². The maximum Gasteiger partial charge on any atom is 0.221 e. The molecule has 0 amide bonds. The van der Waals surface area contributed by atoms with Gasteiger partial charge in [0.25, 0.3) is 0 Å². The van der Waals surface area contributed by atoms with E-state index in [1.54, 1.807) is 0 Å². The summed E-state index contributed by atoms with van der Waals surface area (Å²) < 4.78 is 4.78. The number of methoxy groups -OCH3 is 1. The average molecular weight is 178 g/mol. The lowest BCUT2D eigenvalue weighted by Gasteiger charge is -2.17. The molecule has 1 heterocycles. The van der Waals surface area contributed by atoms with E-state index in [1.807, 2.05) is 0 Å². The summed E-state index contributed by atoms with van der Waals surface area (Å²) in [6.07, 6.45) is 0.960. The van der Waals surface area contributed by atoms with Crippen LogP contribution < -0.4 is 0 Å². The molecule has 0 saturated carbocycles. The molecule has 0 bridgehead atoms. The van der Waals surface area contributed by atoms with Crippen molar-refractivity contribution < 1.29 is 14.4 Å². The van der Waals surface area contributed by atoms with Crippen molar-refractivity contribution in [3.8, 4) is 0 Å². The zero-order chi connectivity index (χ0) is 8.32. The molecule has 0 N–H and O–H groups in total. The molecule has 0 aliphatic carbocycles. The third kappa shape index (κ3) is 1.70. The molecule has 1 rings (SSSR count). The normalized spacial score (nSPS) is 29.5. The topological polar surface area (TPSA) is 47.9 Å². The van der Waals surface area contributed by atoms with Crippen molar-refractivity contribution in [2.75, 3.05) is 13.7 Å². The second-order valence-corrected chi connectivity index (χ2v) is 2.79. The molecule has 0 aromatic carbocycles. The first-order valence-corrected chi connectivity index (χ1v) is 3.46. The molecule has 1 unspecified atom stereocenters. The zero-order valence-corrected chi connectivity index (χ0v) is 6.80. The number of aldehydes is 1. The quantitative estimate of drug-likeness (QED) is 0.592. The Morgan fingerprint density at radius 3 is 3.09 bits per heavy atom. The lowest BCUT2D eigenvalue weighted by atomic mass is 10.1. The number of hydrogen-bond acceptors (Lipinski definition) is 4. The molecule has 0 saturated heterocycles. The minimum Gasteiger partial charge on any atom is -0.380 e. The van der Waals surface area contributed by atoms with Crippen molar-refractivity contribution >= 4 is 23.1 Å². The number of rotatable bonds is 3. The number of ether oxygens (including phenoxy) is 1. The van der Waals surface area contributed by atoms with Crippen LogP contribution in [0.15, 0.2) is 5.16 Å². The summed E-state index contributed by atoms with van der Waals surface area (Å²) in [4.78, 5) is 15.3. The van der Waals surface area contributed by atoms with Gasteiger partial charge in [-0.2, -0.15) is 0 Å². The molecule has 1 aliphatic rings. The summed E-state index contributed by atoms with van der Waals surface area (Å²) in [6.45, 7) is 0.177. The van der Waals surface area contributed by atoms with E-state index in [0.717, 1.165) is 0 Å². The van der Waals surface area contributed by atoms with Gasteiger partial charge in [-0.1, -0.05) is 16.8 Å². The molecule has 0 radical (unpaired) electrons. The van der Waals surface area contributed by atoms with Gasteiger partial charge in [-0.3, -0.25) is 4.79 Å². The van der Waals surface area contributed by atoms with Crippen LogP contribution in [-0.4, -0.2) is 30.8 Å². The SMILES string of the molecule is COCC1(C=O)CC(Cl)=NO1. The van der Waals surface area contributed by atoms with Crippen molar-refractivity contribution in [1.29, 1.82) is 0 Å². The van der Waals surface area contributed by atoms with Gasteiger partial charge in [-0.05, 0) is 0 Å². The monoisotopic (exact) mass is 177 g/mol. The van der Waals surface area contributed by atoms with Crippen LogP contribution in [0.3, 0.4) is 0 Å². The summed E-state index contributed by atoms with van der Waals surface area (Å²) in [5, 5.41) is 3.75. The highest BCUT2D eigenvalue weighted by atomic mass is 35.5. The molecule has 62 valence electrons. The number of nitrogens with zero attached hydrogens (tertiary/aromatic N) is 1. The lowest BCUT2D eigenvalue weighted by Crippen LogP contribution is -2.35. The Bertz CT molecular complexity index is 194. The summed E-state index contributed by atoms with van der Waals surface area (Å²) in [6, 6.07) is 0. The first-order chi connectivity index (χ1) is 5.22. The maximum atomic E-state index is 10.5. The fourth-order valence-corrected chi connectivity index (χ4v) is 1.13. The summed E-state index contributed by atoms with van der Waals surface area (Å²) in [7, 11) is 1.49. The smallest absolute Gasteiger partial charge is 0.221 e. The second kappa shape index (κ2) is 3.19. The number of hydrogen-bond donors (Lipinski definition) is 0. The maximum absolute atomic E-state index is 10.5. The first kappa shape index (κ1) is 8.49. The third-order valence-electron chi connectivity index (χ3n) is 1.38. The molecule has 0 spiro atoms. The van der Waals surface area contributed by atoms with Crippen LogP contribution in [0.5, 0.6) is 0 Å². The van der Waals surface area contributed by atoms with Crippen LogP contribution in [0.4, 0.5) is 0 Å². The van der Waals surface area contributed by atoms with E-state index in [0.29, 0.717) is 17.9 Å². The van der Waals surface area contributed by atoms with Gasteiger partial charge < -0.3 is 9.57 Å². The molecule has 1 aliphatic heterocycles. The second-order valence-electron chi connectivity index (χ2n) is 2.35. The molecular formula is C6H8ClNO3. The fraction of sp³-hybridized carbons (Fsp3) is 0.667. The Hall–Kier alpha value is -0.610. The number of carbonyl (C=O) groups excluding carboxylic acids is 1. The highest BCUT2D eigenvalue weighted by Crippen LogP contribution is 2.23. The summed E-state index contributed by atoms with van der Waals surface area (Å²) in [5.74, 6) is 0. The minimum atomic E-state index is -0.980. The van der Waals surface area contributed by atoms with Crippen molar-refractivity contribution in [2.45, 2.75) is 12.0 Å². The van der Waals surface area contributed by atoms with Gasteiger partial charge in [0.2, 0.25) is 5.60 Å².